The third-order valence-electron chi connectivity index (χ3n) is 5.32. The molecule has 1 aromatic heterocycles. The van der Waals surface area contributed by atoms with E-state index in [9.17, 15) is 0 Å². The van der Waals surface area contributed by atoms with E-state index in [0.29, 0.717) is 17.9 Å². The van der Waals surface area contributed by atoms with Gasteiger partial charge >= 0.3 is 0 Å². The molecule has 1 atom stereocenters. The Morgan fingerprint density at radius 3 is 2.91 bits per heavy atom. The molecule has 4 aliphatic heterocycles. The molecule has 2 aromatic rings. The molecule has 1 unspecified atom stereocenters. The standard InChI is InChI=1S/C17H19N5O/c1-2-4-14-12(3-1)9-18-15(20-14)21-16-19-10-17(23-16)11-22-7-5-13(17)6-8-22/h1-4,9,13H,5-8,10-11H2,(H,18,19,20,21). The smallest absolute Gasteiger partial charge is 0.292 e. The summed E-state index contributed by atoms with van der Waals surface area (Å²) in [7, 11) is 0. The zero-order chi connectivity index (χ0) is 15.3. The molecule has 2 bridgehead atoms. The maximum Gasteiger partial charge on any atom is 0.292 e. The van der Waals surface area contributed by atoms with Crippen LogP contribution in [0.25, 0.3) is 10.9 Å². The Labute approximate surface area is 134 Å². The molecule has 3 fully saturated rings. The van der Waals surface area contributed by atoms with Crippen molar-refractivity contribution in [3.05, 3.63) is 30.5 Å². The van der Waals surface area contributed by atoms with Crippen molar-refractivity contribution in [2.75, 3.05) is 31.5 Å². The van der Waals surface area contributed by atoms with E-state index in [2.05, 4.69) is 25.2 Å². The summed E-state index contributed by atoms with van der Waals surface area (Å²) in [6.45, 7) is 4.13. The van der Waals surface area contributed by atoms with E-state index in [1.807, 2.05) is 30.5 Å². The average molecular weight is 309 g/mol. The van der Waals surface area contributed by atoms with Crippen molar-refractivity contribution < 1.29 is 4.74 Å². The van der Waals surface area contributed by atoms with Crippen LogP contribution in [0.5, 0.6) is 0 Å². The van der Waals surface area contributed by atoms with Crippen LogP contribution >= 0.6 is 0 Å². The Kier molecular flexibility index (Phi) is 2.82. The van der Waals surface area contributed by atoms with Gasteiger partial charge in [-0.3, -0.25) is 10.2 Å². The van der Waals surface area contributed by atoms with Crippen LogP contribution in [0.2, 0.25) is 0 Å². The number of hydrogen-bond acceptors (Lipinski definition) is 6. The van der Waals surface area contributed by atoms with E-state index in [1.165, 1.54) is 25.9 Å². The van der Waals surface area contributed by atoms with Crippen LogP contribution < -0.4 is 5.32 Å². The number of hydrogen-bond donors (Lipinski definition) is 1. The Hall–Kier alpha value is -2.21. The van der Waals surface area contributed by atoms with Crippen LogP contribution in [0.1, 0.15) is 12.8 Å². The van der Waals surface area contributed by atoms with Crippen molar-refractivity contribution in [1.82, 2.24) is 14.9 Å². The molecule has 4 aliphatic rings. The molecule has 6 heteroatoms. The molecule has 0 saturated carbocycles. The summed E-state index contributed by atoms with van der Waals surface area (Å²) in [5.41, 5.74) is 0.788. The maximum absolute atomic E-state index is 6.26. The molecule has 0 radical (unpaired) electrons. The molecule has 0 aliphatic carbocycles. The summed E-state index contributed by atoms with van der Waals surface area (Å²) >= 11 is 0. The molecular formula is C17H19N5O. The van der Waals surface area contributed by atoms with Crippen molar-refractivity contribution in [2.24, 2.45) is 10.9 Å². The molecular weight excluding hydrogens is 290 g/mol. The highest BCUT2D eigenvalue weighted by Crippen LogP contribution is 2.40. The van der Waals surface area contributed by atoms with Gasteiger partial charge in [-0.15, -0.1) is 0 Å². The van der Waals surface area contributed by atoms with Crippen LogP contribution in [0, 0.1) is 5.92 Å². The number of nitrogens with zero attached hydrogens (tertiary/aromatic N) is 4. The highest BCUT2D eigenvalue weighted by molar-refractivity contribution is 5.90. The van der Waals surface area contributed by atoms with Gasteiger partial charge in [0.25, 0.3) is 6.02 Å². The third-order valence-corrected chi connectivity index (χ3v) is 5.32. The van der Waals surface area contributed by atoms with E-state index >= 15 is 0 Å². The third kappa shape index (κ3) is 2.16. The first kappa shape index (κ1) is 13.2. The number of anilines is 1. The Morgan fingerprint density at radius 2 is 2.09 bits per heavy atom. The molecule has 1 aromatic carbocycles. The van der Waals surface area contributed by atoms with Crippen molar-refractivity contribution in [2.45, 2.75) is 18.4 Å². The zero-order valence-electron chi connectivity index (χ0n) is 12.9. The minimum atomic E-state index is -0.129. The fourth-order valence-electron chi connectivity index (χ4n) is 4.08. The lowest BCUT2D eigenvalue weighted by atomic mass is 9.75. The predicted octanol–water partition coefficient (Wildman–Crippen LogP) is 1.89. The predicted molar refractivity (Wildman–Crippen MR) is 88.4 cm³/mol. The molecule has 1 spiro atoms. The lowest BCUT2D eigenvalue weighted by molar-refractivity contribution is -0.0829. The number of aromatic nitrogens is 2. The number of piperidine rings is 3. The van der Waals surface area contributed by atoms with Gasteiger partial charge in [0.1, 0.15) is 5.60 Å². The monoisotopic (exact) mass is 309 g/mol. The molecule has 23 heavy (non-hydrogen) atoms. The van der Waals surface area contributed by atoms with E-state index in [0.717, 1.165) is 24.0 Å². The summed E-state index contributed by atoms with van der Waals surface area (Å²) in [6.07, 6.45) is 4.26. The number of aliphatic imine (C=N–C) groups is 1. The summed E-state index contributed by atoms with van der Waals surface area (Å²) in [5.74, 6) is 1.16. The quantitative estimate of drug-likeness (QED) is 0.871. The highest BCUT2D eigenvalue weighted by atomic mass is 16.5. The SMILES string of the molecule is c1ccc2nc(NC3=NCC4(CN5CCC4CC5)O3)ncc2c1. The van der Waals surface area contributed by atoms with Gasteiger partial charge in [-0.05, 0) is 32.0 Å². The van der Waals surface area contributed by atoms with Crippen molar-refractivity contribution in [3.8, 4) is 0 Å². The first-order valence-electron chi connectivity index (χ1n) is 8.25. The number of nitrogens with one attached hydrogen (secondary N) is 1. The van der Waals surface area contributed by atoms with Crippen molar-refractivity contribution in [3.63, 3.8) is 0 Å². The minimum Gasteiger partial charge on any atom is -0.455 e. The van der Waals surface area contributed by atoms with Crippen molar-refractivity contribution in [1.29, 1.82) is 0 Å². The summed E-state index contributed by atoms with van der Waals surface area (Å²) < 4.78 is 6.26. The van der Waals surface area contributed by atoms with Crippen LogP contribution in [0.15, 0.2) is 35.5 Å². The summed E-state index contributed by atoms with van der Waals surface area (Å²) in [4.78, 5) is 16.0. The second-order valence-corrected chi connectivity index (χ2v) is 6.72. The van der Waals surface area contributed by atoms with Crippen LogP contribution in [-0.4, -0.2) is 52.7 Å². The number of fused-ring (bicyclic) bond motifs is 3. The van der Waals surface area contributed by atoms with Crippen LogP contribution in [0.3, 0.4) is 0 Å². The van der Waals surface area contributed by atoms with Crippen LogP contribution in [-0.2, 0) is 4.74 Å². The van der Waals surface area contributed by atoms with Gasteiger partial charge in [0, 0.05) is 24.0 Å². The maximum atomic E-state index is 6.26. The lowest BCUT2D eigenvalue weighted by Gasteiger charge is -2.50. The highest BCUT2D eigenvalue weighted by Gasteiger charge is 2.51. The first-order valence-corrected chi connectivity index (χ1v) is 8.25. The van der Waals surface area contributed by atoms with Gasteiger partial charge in [-0.25, -0.2) is 15.0 Å². The molecule has 5 heterocycles. The molecule has 1 N–H and O–H groups in total. The van der Waals surface area contributed by atoms with E-state index < -0.39 is 0 Å². The number of amidine groups is 1. The number of ether oxygens (including phenoxy) is 1. The second-order valence-electron chi connectivity index (χ2n) is 6.72. The topological polar surface area (TPSA) is 62.6 Å². The summed E-state index contributed by atoms with van der Waals surface area (Å²) in [6, 6.07) is 8.51. The van der Waals surface area contributed by atoms with Gasteiger partial charge in [-0.1, -0.05) is 18.2 Å². The van der Waals surface area contributed by atoms with E-state index in [-0.39, 0.29) is 5.60 Å². The normalized spacial score (nSPS) is 32.1. The average Bonchev–Trinajstić information content (AvgIpc) is 2.98. The van der Waals surface area contributed by atoms with Crippen molar-refractivity contribution >= 4 is 22.9 Å². The van der Waals surface area contributed by atoms with E-state index in [1.54, 1.807) is 0 Å². The molecule has 6 rings (SSSR count). The van der Waals surface area contributed by atoms with Crippen LogP contribution in [0.4, 0.5) is 5.95 Å². The van der Waals surface area contributed by atoms with E-state index in [4.69, 9.17) is 4.74 Å². The lowest BCUT2D eigenvalue weighted by Crippen LogP contribution is -2.61. The second kappa shape index (κ2) is 4.89. The molecule has 0 amide bonds. The zero-order valence-corrected chi connectivity index (χ0v) is 12.9. The number of benzene rings is 1. The number of rotatable bonds is 1. The van der Waals surface area contributed by atoms with Gasteiger partial charge in [0.2, 0.25) is 5.95 Å². The van der Waals surface area contributed by atoms with Gasteiger partial charge in [0.15, 0.2) is 0 Å². The number of para-hydroxylation sites is 1. The molecule has 3 saturated heterocycles. The van der Waals surface area contributed by atoms with Gasteiger partial charge in [0.05, 0.1) is 12.1 Å². The van der Waals surface area contributed by atoms with Gasteiger partial charge in [-0.2, -0.15) is 0 Å². The first-order chi connectivity index (χ1) is 11.3. The summed E-state index contributed by atoms with van der Waals surface area (Å²) in [5, 5.41) is 4.18. The van der Waals surface area contributed by atoms with Gasteiger partial charge < -0.3 is 4.74 Å². The minimum absolute atomic E-state index is 0.129. The Balaban J connectivity index is 1.35. The Bertz CT molecular complexity index is 783. The fraction of sp³-hybridized carbons (Fsp3) is 0.471. The molecule has 118 valence electrons. The largest absolute Gasteiger partial charge is 0.455 e. The fourth-order valence-corrected chi connectivity index (χ4v) is 4.08. The molecule has 6 nitrogen and oxygen atoms in total. The Morgan fingerprint density at radius 1 is 1.22 bits per heavy atom.